The van der Waals surface area contributed by atoms with Crippen LogP contribution in [0.2, 0.25) is 0 Å². The average Bonchev–Trinajstić information content (AvgIpc) is 2.75. The van der Waals surface area contributed by atoms with Crippen LogP contribution in [0.15, 0.2) is 11.8 Å². The Hall–Kier alpha value is -0.870. The summed E-state index contributed by atoms with van der Waals surface area (Å²) in [6.07, 6.45) is 6.44. The first-order valence-electron chi connectivity index (χ1n) is 8.73. The number of hydrogen-bond acceptors (Lipinski definition) is 3. The number of nitrogens with one attached hydrogen (secondary N) is 1. The molecule has 0 spiro atoms. The first-order chi connectivity index (χ1) is 10.4. The molecule has 4 heteroatoms. The molecule has 1 heterocycles. The van der Waals surface area contributed by atoms with Gasteiger partial charge < -0.3 is 15.5 Å². The molecule has 0 aromatic heterocycles. The normalized spacial score (nSPS) is 53.9. The Labute approximate surface area is 132 Å². The van der Waals surface area contributed by atoms with Gasteiger partial charge in [0.05, 0.1) is 12.2 Å². The second-order valence-electron chi connectivity index (χ2n) is 8.49. The lowest BCUT2D eigenvalue weighted by molar-refractivity contribution is -0.141. The lowest BCUT2D eigenvalue weighted by Crippen LogP contribution is -2.58. The number of amides is 1. The first kappa shape index (κ1) is 14.7. The average molecular weight is 305 g/mol. The standard InChI is InChI=1S/C18H27NO3/c1-17-8-7-15(22)19-13(17)5-3-10-11-4-6-14(21)18(11,2)9-12(20)16(10)17/h5,10-12,14,16,20-21H,3-4,6-9H2,1-2H3,(H,19,22)/t10?,11?,12-,14-,16?,17-,18-/m0/s1. The fraction of sp³-hybridized carbons (Fsp3) is 0.833. The molecule has 3 aliphatic carbocycles. The number of allylic oxidation sites excluding steroid dienone is 2. The SMILES string of the molecule is C[C@]12CCC(=O)NC1=CCC1C2[C@@H](O)C[C@@]2(C)C1CC[C@@H]2O. The molecule has 0 radical (unpaired) electrons. The van der Waals surface area contributed by atoms with Crippen LogP contribution in [0, 0.1) is 28.6 Å². The quantitative estimate of drug-likeness (QED) is 0.641. The van der Waals surface area contributed by atoms with Gasteiger partial charge in [-0.05, 0) is 55.3 Å². The minimum atomic E-state index is -0.386. The molecule has 1 aliphatic heterocycles. The maximum atomic E-state index is 11.7. The van der Waals surface area contributed by atoms with E-state index in [1.54, 1.807) is 0 Å². The third-order valence-corrected chi connectivity index (χ3v) is 7.49. The van der Waals surface area contributed by atoms with Gasteiger partial charge in [-0.3, -0.25) is 4.79 Å². The maximum Gasteiger partial charge on any atom is 0.224 e. The highest BCUT2D eigenvalue weighted by molar-refractivity contribution is 5.79. The van der Waals surface area contributed by atoms with Gasteiger partial charge in [0.25, 0.3) is 0 Å². The third-order valence-electron chi connectivity index (χ3n) is 7.49. The maximum absolute atomic E-state index is 11.7. The van der Waals surface area contributed by atoms with Crippen LogP contribution in [0.25, 0.3) is 0 Å². The molecule has 3 N–H and O–H groups in total. The highest BCUT2D eigenvalue weighted by Gasteiger charge is 2.61. The monoisotopic (exact) mass is 305 g/mol. The highest BCUT2D eigenvalue weighted by Crippen LogP contribution is 2.63. The molecule has 122 valence electrons. The summed E-state index contributed by atoms with van der Waals surface area (Å²) in [6.45, 7) is 4.38. The molecule has 1 saturated heterocycles. The predicted molar refractivity (Wildman–Crippen MR) is 82.6 cm³/mol. The molecular formula is C18H27NO3. The summed E-state index contributed by atoms with van der Waals surface area (Å²) in [4.78, 5) is 11.7. The summed E-state index contributed by atoms with van der Waals surface area (Å²) in [5, 5.41) is 24.4. The van der Waals surface area contributed by atoms with Crippen LogP contribution in [0.4, 0.5) is 0 Å². The first-order valence-corrected chi connectivity index (χ1v) is 8.73. The Balaban J connectivity index is 1.74. The van der Waals surface area contributed by atoms with Gasteiger partial charge in [-0.25, -0.2) is 0 Å². The van der Waals surface area contributed by atoms with Gasteiger partial charge in [0.1, 0.15) is 0 Å². The van der Waals surface area contributed by atoms with E-state index in [0.717, 1.165) is 31.4 Å². The Morgan fingerprint density at radius 2 is 2.05 bits per heavy atom. The summed E-state index contributed by atoms with van der Waals surface area (Å²) in [6, 6.07) is 0. The number of hydrogen-bond donors (Lipinski definition) is 3. The lowest BCUT2D eigenvalue weighted by atomic mass is 9.49. The second-order valence-corrected chi connectivity index (χ2v) is 8.49. The predicted octanol–water partition coefficient (Wildman–Crippen LogP) is 1.96. The van der Waals surface area contributed by atoms with E-state index in [9.17, 15) is 15.0 Å². The van der Waals surface area contributed by atoms with E-state index in [1.165, 1.54) is 0 Å². The van der Waals surface area contributed by atoms with E-state index >= 15 is 0 Å². The van der Waals surface area contributed by atoms with Crippen molar-refractivity contribution in [2.45, 2.75) is 64.6 Å². The zero-order valence-corrected chi connectivity index (χ0v) is 13.5. The molecule has 3 fully saturated rings. The van der Waals surface area contributed by atoms with Crippen LogP contribution >= 0.6 is 0 Å². The van der Waals surface area contributed by atoms with Crippen LogP contribution in [-0.2, 0) is 4.79 Å². The van der Waals surface area contributed by atoms with Crippen LogP contribution < -0.4 is 5.32 Å². The number of aliphatic hydroxyl groups is 2. The van der Waals surface area contributed by atoms with E-state index in [0.29, 0.717) is 24.7 Å². The summed E-state index contributed by atoms with van der Waals surface area (Å²) >= 11 is 0. The van der Waals surface area contributed by atoms with Gasteiger partial charge in [0, 0.05) is 17.5 Å². The number of fused-ring (bicyclic) bond motifs is 5. The van der Waals surface area contributed by atoms with Crippen molar-refractivity contribution in [2.75, 3.05) is 0 Å². The lowest BCUT2D eigenvalue weighted by Gasteiger charge is -2.58. The minimum absolute atomic E-state index is 0.105. The van der Waals surface area contributed by atoms with Gasteiger partial charge >= 0.3 is 0 Å². The van der Waals surface area contributed by atoms with E-state index in [2.05, 4.69) is 25.2 Å². The van der Waals surface area contributed by atoms with Gasteiger partial charge in [-0.15, -0.1) is 0 Å². The van der Waals surface area contributed by atoms with E-state index in [4.69, 9.17) is 0 Å². The topological polar surface area (TPSA) is 69.6 Å². The Morgan fingerprint density at radius 3 is 2.82 bits per heavy atom. The van der Waals surface area contributed by atoms with E-state index in [1.807, 2.05) is 0 Å². The van der Waals surface area contributed by atoms with Crippen LogP contribution in [0.1, 0.15) is 52.4 Å². The van der Waals surface area contributed by atoms with Crippen LogP contribution in [0.5, 0.6) is 0 Å². The Morgan fingerprint density at radius 1 is 1.27 bits per heavy atom. The van der Waals surface area contributed by atoms with Crippen molar-refractivity contribution in [1.82, 2.24) is 5.32 Å². The van der Waals surface area contributed by atoms with Crippen molar-refractivity contribution in [1.29, 1.82) is 0 Å². The van der Waals surface area contributed by atoms with Crippen molar-refractivity contribution >= 4 is 5.91 Å². The summed E-state index contributed by atoms with van der Waals surface area (Å²) in [7, 11) is 0. The van der Waals surface area contributed by atoms with E-state index < -0.39 is 0 Å². The second kappa shape index (κ2) is 4.57. The van der Waals surface area contributed by atoms with Gasteiger partial charge in [-0.1, -0.05) is 19.9 Å². The fourth-order valence-corrected chi connectivity index (χ4v) is 6.30. The molecule has 22 heavy (non-hydrogen) atoms. The van der Waals surface area contributed by atoms with Crippen LogP contribution in [0.3, 0.4) is 0 Å². The molecule has 4 rings (SSSR count). The van der Waals surface area contributed by atoms with Gasteiger partial charge in [-0.2, -0.15) is 0 Å². The van der Waals surface area contributed by atoms with Crippen molar-refractivity contribution in [3.8, 4) is 0 Å². The Bertz CT molecular complexity index is 544. The number of rotatable bonds is 0. The molecule has 4 aliphatic rings. The van der Waals surface area contributed by atoms with Crippen molar-refractivity contribution < 1.29 is 15.0 Å². The van der Waals surface area contributed by atoms with E-state index in [-0.39, 0.29) is 34.9 Å². The zero-order valence-electron chi connectivity index (χ0n) is 13.5. The molecule has 1 amide bonds. The van der Waals surface area contributed by atoms with Crippen molar-refractivity contribution in [2.24, 2.45) is 28.6 Å². The van der Waals surface area contributed by atoms with Crippen molar-refractivity contribution in [3.05, 3.63) is 11.8 Å². The largest absolute Gasteiger partial charge is 0.393 e. The number of piperidine rings is 1. The molecule has 4 nitrogen and oxygen atoms in total. The highest BCUT2D eigenvalue weighted by atomic mass is 16.3. The molecule has 2 saturated carbocycles. The Kier molecular flexibility index (Phi) is 3.06. The third kappa shape index (κ3) is 1.74. The molecular weight excluding hydrogens is 278 g/mol. The molecule has 0 bridgehead atoms. The molecule has 0 aromatic carbocycles. The smallest absolute Gasteiger partial charge is 0.224 e. The summed E-state index contributed by atoms with van der Waals surface area (Å²) in [5.74, 6) is 1.22. The molecule has 3 unspecified atom stereocenters. The van der Waals surface area contributed by atoms with Gasteiger partial charge in [0.2, 0.25) is 5.91 Å². The fourth-order valence-electron chi connectivity index (χ4n) is 6.30. The minimum Gasteiger partial charge on any atom is -0.393 e. The number of carbonyl (C=O) groups is 1. The number of carbonyl (C=O) groups excluding carboxylic acids is 1. The summed E-state index contributed by atoms with van der Waals surface area (Å²) in [5.41, 5.74) is 0.775. The number of aliphatic hydroxyl groups excluding tert-OH is 2. The van der Waals surface area contributed by atoms with Crippen LogP contribution in [-0.4, -0.2) is 28.3 Å². The molecule has 7 atom stereocenters. The zero-order chi connectivity index (χ0) is 15.7. The molecule has 0 aromatic rings. The van der Waals surface area contributed by atoms with Crippen molar-refractivity contribution in [3.63, 3.8) is 0 Å². The van der Waals surface area contributed by atoms with Gasteiger partial charge in [0.15, 0.2) is 0 Å². The summed E-state index contributed by atoms with van der Waals surface area (Å²) < 4.78 is 0.